The van der Waals surface area contributed by atoms with Crippen LogP contribution in [-0.4, -0.2) is 37.5 Å². The monoisotopic (exact) mass is 418 g/mol. The second-order valence-electron chi connectivity index (χ2n) is 7.55. The summed E-state index contributed by atoms with van der Waals surface area (Å²) in [6.45, 7) is 1.38. The van der Waals surface area contributed by atoms with E-state index >= 15 is 0 Å². The van der Waals surface area contributed by atoms with Crippen LogP contribution in [0.15, 0.2) is 39.8 Å². The van der Waals surface area contributed by atoms with E-state index in [1.807, 2.05) is 0 Å². The largest absolute Gasteiger partial charge is 0.360 e. The van der Waals surface area contributed by atoms with Crippen LogP contribution in [-0.2, 0) is 14.8 Å². The first-order chi connectivity index (χ1) is 13.8. The Morgan fingerprint density at radius 2 is 1.79 bits per heavy atom. The lowest BCUT2D eigenvalue weighted by molar-refractivity contribution is -0.114. The highest BCUT2D eigenvalue weighted by Crippen LogP contribution is 2.40. The number of nitrogens with one attached hydrogen (secondary N) is 3. The first kappa shape index (κ1) is 19.6. The van der Waals surface area contributed by atoms with Gasteiger partial charge in [-0.25, -0.2) is 13.1 Å². The van der Waals surface area contributed by atoms with Crippen LogP contribution in [0.1, 0.15) is 54.8 Å². The minimum Gasteiger partial charge on any atom is -0.360 e. The average Bonchev–Trinajstić information content (AvgIpc) is 3.36. The highest BCUT2D eigenvalue weighted by atomic mass is 32.2. The van der Waals surface area contributed by atoms with Crippen LogP contribution in [0, 0.1) is 0 Å². The first-order valence-corrected chi connectivity index (χ1v) is 11.0. The van der Waals surface area contributed by atoms with E-state index in [0.29, 0.717) is 24.4 Å². The Morgan fingerprint density at radius 3 is 2.41 bits per heavy atom. The first-order valence-electron chi connectivity index (χ1n) is 9.47. The van der Waals surface area contributed by atoms with Crippen molar-refractivity contribution in [3.05, 3.63) is 41.8 Å². The normalized spacial score (nSPS) is 21.3. The maximum Gasteiger partial charge on any atom is 0.273 e. The molecule has 2 amide bonds. The zero-order valence-electron chi connectivity index (χ0n) is 15.8. The molecule has 2 saturated carbocycles. The molecule has 154 valence electrons. The molecule has 2 aliphatic rings. The van der Waals surface area contributed by atoms with E-state index in [0.717, 1.165) is 18.6 Å². The Labute approximate surface area is 168 Å². The standard InChI is InChI=1S/C19H22N4O5S/c1-11(24)20-13-4-6-16(7-5-13)29(26,27)23-15-8-14(9-15)21-19(25)17-10-18(28-22-17)12-2-3-12/h4-7,10,12,14-15,23H,2-3,8-9H2,1H3,(H,20,24)(H,21,25)/t14-,15-. The second-order valence-corrected chi connectivity index (χ2v) is 9.27. The van der Waals surface area contributed by atoms with Gasteiger partial charge in [-0.1, -0.05) is 5.16 Å². The van der Waals surface area contributed by atoms with E-state index in [1.54, 1.807) is 6.07 Å². The van der Waals surface area contributed by atoms with Gasteiger partial charge in [-0.2, -0.15) is 0 Å². The highest BCUT2D eigenvalue weighted by molar-refractivity contribution is 7.89. The Morgan fingerprint density at radius 1 is 1.10 bits per heavy atom. The van der Waals surface area contributed by atoms with Gasteiger partial charge in [0.05, 0.1) is 4.90 Å². The molecule has 1 heterocycles. The van der Waals surface area contributed by atoms with Gasteiger partial charge in [-0.15, -0.1) is 0 Å². The number of aromatic nitrogens is 1. The lowest BCUT2D eigenvalue weighted by Gasteiger charge is -2.35. The molecule has 1 aromatic carbocycles. The Kier molecular flexibility index (Phi) is 5.13. The van der Waals surface area contributed by atoms with Crippen molar-refractivity contribution >= 4 is 27.5 Å². The van der Waals surface area contributed by atoms with Crippen molar-refractivity contribution in [2.24, 2.45) is 0 Å². The van der Waals surface area contributed by atoms with Crippen LogP contribution >= 0.6 is 0 Å². The van der Waals surface area contributed by atoms with Gasteiger partial charge in [-0.05, 0) is 49.9 Å². The smallest absolute Gasteiger partial charge is 0.273 e. The van der Waals surface area contributed by atoms with E-state index in [9.17, 15) is 18.0 Å². The van der Waals surface area contributed by atoms with Crippen LogP contribution in [0.2, 0.25) is 0 Å². The topological polar surface area (TPSA) is 130 Å². The molecule has 2 fully saturated rings. The molecular formula is C19H22N4O5S. The molecule has 9 nitrogen and oxygen atoms in total. The SMILES string of the molecule is CC(=O)Nc1ccc(S(=O)(=O)N[C@H]2C[C@H](NC(=O)c3cc(C4CC4)on3)C2)cc1. The molecule has 0 spiro atoms. The van der Waals surface area contributed by atoms with Crippen molar-refractivity contribution in [1.29, 1.82) is 0 Å². The van der Waals surface area contributed by atoms with E-state index in [-0.39, 0.29) is 34.5 Å². The van der Waals surface area contributed by atoms with Gasteiger partial charge >= 0.3 is 0 Å². The Balaban J connectivity index is 1.27. The van der Waals surface area contributed by atoms with Crippen LogP contribution < -0.4 is 15.4 Å². The molecule has 0 unspecified atom stereocenters. The van der Waals surface area contributed by atoms with Gasteiger partial charge in [0.1, 0.15) is 5.76 Å². The van der Waals surface area contributed by atoms with Crippen LogP contribution in [0.5, 0.6) is 0 Å². The number of benzene rings is 1. The number of hydrogen-bond acceptors (Lipinski definition) is 6. The number of hydrogen-bond donors (Lipinski definition) is 3. The zero-order chi connectivity index (χ0) is 20.6. The van der Waals surface area contributed by atoms with Crippen molar-refractivity contribution in [2.75, 3.05) is 5.32 Å². The van der Waals surface area contributed by atoms with Gasteiger partial charge in [0, 0.05) is 36.7 Å². The maximum atomic E-state index is 12.5. The van der Waals surface area contributed by atoms with Gasteiger partial charge in [0.25, 0.3) is 5.91 Å². The van der Waals surface area contributed by atoms with Gasteiger partial charge in [0.15, 0.2) is 5.69 Å². The number of carbonyl (C=O) groups is 2. The molecule has 3 N–H and O–H groups in total. The molecule has 0 atom stereocenters. The molecule has 0 bridgehead atoms. The van der Waals surface area contributed by atoms with Crippen LogP contribution in [0.4, 0.5) is 5.69 Å². The molecular weight excluding hydrogens is 396 g/mol. The molecule has 1 aromatic heterocycles. The second kappa shape index (κ2) is 7.60. The summed E-state index contributed by atoms with van der Waals surface area (Å²) >= 11 is 0. The van der Waals surface area contributed by atoms with Gasteiger partial charge in [-0.3, -0.25) is 9.59 Å². The molecule has 0 saturated heterocycles. The fraction of sp³-hybridized carbons (Fsp3) is 0.421. The Hall–Kier alpha value is -2.72. The predicted octanol–water partition coefficient (Wildman–Crippen LogP) is 1.75. The summed E-state index contributed by atoms with van der Waals surface area (Å²) < 4.78 is 32.8. The van der Waals surface area contributed by atoms with Gasteiger partial charge in [0.2, 0.25) is 15.9 Å². The summed E-state index contributed by atoms with van der Waals surface area (Å²) in [7, 11) is -3.67. The van der Waals surface area contributed by atoms with E-state index in [1.165, 1.54) is 31.2 Å². The average molecular weight is 418 g/mol. The quantitative estimate of drug-likeness (QED) is 0.628. The lowest BCUT2D eigenvalue weighted by Crippen LogP contribution is -2.53. The molecule has 2 aromatic rings. The van der Waals surface area contributed by atoms with Crippen molar-refractivity contribution in [3.8, 4) is 0 Å². The number of sulfonamides is 1. The van der Waals surface area contributed by atoms with Crippen molar-refractivity contribution in [2.45, 2.75) is 55.5 Å². The van der Waals surface area contributed by atoms with Gasteiger partial charge < -0.3 is 15.2 Å². The molecule has 0 radical (unpaired) electrons. The van der Waals surface area contributed by atoms with E-state index in [2.05, 4.69) is 20.5 Å². The third kappa shape index (κ3) is 4.65. The van der Waals surface area contributed by atoms with Crippen molar-refractivity contribution < 1.29 is 22.5 Å². The minimum absolute atomic E-state index is 0.113. The van der Waals surface area contributed by atoms with Crippen LogP contribution in [0.3, 0.4) is 0 Å². The van der Waals surface area contributed by atoms with E-state index in [4.69, 9.17) is 4.52 Å². The highest BCUT2D eigenvalue weighted by Gasteiger charge is 2.35. The zero-order valence-corrected chi connectivity index (χ0v) is 16.7. The summed E-state index contributed by atoms with van der Waals surface area (Å²) in [5, 5.41) is 9.25. The number of carbonyl (C=O) groups excluding carboxylic acids is 2. The summed E-state index contributed by atoms with van der Waals surface area (Å²) in [6, 6.07) is 7.26. The fourth-order valence-electron chi connectivity index (χ4n) is 3.26. The minimum atomic E-state index is -3.67. The number of nitrogens with zero attached hydrogens (tertiary/aromatic N) is 1. The number of anilines is 1. The number of rotatable bonds is 7. The summed E-state index contributed by atoms with van der Waals surface area (Å²) in [6.07, 6.45) is 3.14. The molecule has 2 aliphatic carbocycles. The predicted molar refractivity (Wildman–Crippen MR) is 104 cm³/mol. The number of amides is 2. The summed E-state index contributed by atoms with van der Waals surface area (Å²) in [5.41, 5.74) is 0.788. The molecule has 29 heavy (non-hydrogen) atoms. The van der Waals surface area contributed by atoms with Crippen molar-refractivity contribution in [1.82, 2.24) is 15.2 Å². The maximum absolute atomic E-state index is 12.5. The fourth-order valence-corrected chi connectivity index (χ4v) is 4.52. The molecule has 4 rings (SSSR count). The summed E-state index contributed by atoms with van der Waals surface area (Å²) in [4.78, 5) is 23.4. The third-order valence-corrected chi connectivity index (χ3v) is 6.56. The summed E-state index contributed by atoms with van der Waals surface area (Å²) in [5.74, 6) is 0.606. The van der Waals surface area contributed by atoms with Crippen LogP contribution in [0.25, 0.3) is 0 Å². The Bertz CT molecular complexity index is 1020. The van der Waals surface area contributed by atoms with E-state index < -0.39 is 10.0 Å². The van der Waals surface area contributed by atoms with Crippen molar-refractivity contribution in [3.63, 3.8) is 0 Å². The molecule has 0 aliphatic heterocycles. The molecule has 10 heteroatoms. The lowest BCUT2D eigenvalue weighted by atomic mass is 9.87. The third-order valence-electron chi connectivity index (χ3n) is 5.02.